The molecule has 2 heterocycles. The van der Waals surface area contributed by atoms with E-state index in [0.29, 0.717) is 30.5 Å². The third kappa shape index (κ3) is 3.85. The first-order valence-corrected chi connectivity index (χ1v) is 10.6. The van der Waals surface area contributed by atoms with Gasteiger partial charge in [0.15, 0.2) is 0 Å². The summed E-state index contributed by atoms with van der Waals surface area (Å²) in [6, 6.07) is 8.24. The molecule has 152 valence electrons. The lowest BCUT2D eigenvalue weighted by atomic mass is 9.96. The predicted octanol–water partition coefficient (Wildman–Crippen LogP) is 1.54. The Kier molecular flexibility index (Phi) is 4.83. The molecule has 4 rings (SSSR count). The number of rotatable bonds is 5. The van der Waals surface area contributed by atoms with Gasteiger partial charge in [0.05, 0.1) is 5.69 Å². The maximum Gasteiger partial charge on any atom is 0.322 e. The van der Waals surface area contributed by atoms with Gasteiger partial charge in [-0.05, 0) is 61.6 Å². The summed E-state index contributed by atoms with van der Waals surface area (Å²) in [5, 5.41) is 4.89. The van der Waals surface area contributed by atoms with Crippen LogP contribution in [0, 0.1) is 11.7 Å². The summed E-state index contributed by atoms with van der Waals surface area (Å²) in [7, 11) is -3.77. The number of hydrogen-bond acceptors (Lipinski definition) is 5. The quantitative estimate of drug-likeness (QED) is 0.637. The zero-order chi connectivity index (χ0) is 20.6. The number of aromatic nitrogens is 1. The van der Waals surface area contributed by atoms with E-state index in [1.54, 1.807) is 18.2 Å². The Bertz CT molecular complexity index is 1060. The number of urea groups is 1. The number of benzene rings is 1. The van der Waals surface area contributed by atoms with Gasteiger partial charge in [0.25, 0.3) is 5.91 Å². The molecule has 1 saturated heterocycles. The molecule has 3 amide bonds. The van der Waals surface area contributed by atoms with E-state index in [0.717, 1.165) is 0 Å². The molecule has 1 aromatic heterocycles. The van der Waals surface area contributed by atoms with Crippen molar-refractivity contribution in [3.63, 3.8) is 0 Å². The molecule has 2 atom stereocenters. The van der Waals surface area contributed by atoms with Crippen LogP contribution in [0.2, 0.25) is 0 Å². The standard InChI is InChI=1S/C19H19FN4O4S/c20-14-3-1-13(2-4-14)16-6-5-15(11-21-16)29(27,28)22-10-12-7-8-19(9-12)17(25)23-18(26)24-19/h1-6,11-12,22H,7-10H2,(H2,23,24,25,26). The summed E-state index contributed by atoms with van der Waals surface area (Å²) in [6.07, 6.45) is 2.74. The maximum absolute atomic E-state index is 13.0. The summed E-state index contributed by atoms with van der Waals surface area (Å²) < 4.78 is 40.7. The first kappa shape index (κ1) is 19.5. The Morgan fingerprint density at radius 2 is 1.93 bits per heavy atom. The number of pyridine rings is 1. The highest BCUT2D eigenvalue weighted by molar-refractivity contribution is 7.89. The third-order valence-electron chi connectivity index (χ3n) is 5.38. The van der Waals surface area contributed by atoms with Crippen molar-refractivity contribution in [1.29, 1.82) is 0 Å². The van der Waals surface area contributed by atoms with Gasteiger partial charge in [-0.25, -0.2) is 22.3 Å². The van der Waals surface area contributed by atoms with Crippen LogP contribution in [0.25, 0.3) is 11.3 Å². The van der Waals surface area contributed by atoms with Crippen molar-refractivity contribution in [2.45, 2.75) is 29.7 Å². The van der Waals surface area contributed by atoms with Gasteiger partial charge in [-0.3, -0.25) is 15.1 Å². The third-order valence-corrected chi connectivity index (χ3v) is 6.79. The number of amides is 3. The molecule has 1 saturated carbocycles. The summed E-state index contributed by atoms with van der Waals surface area (Å²) >= 11 is 0. The second-order valence-electron chi connectivity index (χ2n) is 7.34. The minimum Gasteiger partial charge on any atom is -0.323 e. The van der Waals surface area contributed by atoms with Crippen LogP contribution in [0.4, 0.5) is 9.18 Å². The number of hydrogen-bond donors (Lipinski definition) is 3. The SMILES string of the molecule is O=C1NC(=O)C2(CCC(CNS(=O)(=O)c3ccc(-c4ccc(F)cc4)nc3)C2)N1. The Morgan fingerprint density at radius 3 is 2.55 bits per heavy atom. The highest BCUT2D eigenvalue weighted by Gasteiger charge is 2.50. The lowest BCUT2D eigenvalue weighted by Gasteiger charge is -2.19. The van der Waals surface area contributed by atoms with E-state index in [2.05, 4.69) is 20.3 Å². The van der Waals surface area contributed by atoms with Crippen LogP contribution in [0.3, 0.4) is 0 Å². The molecule has 2 aromatic rings. The van der Waals surface area contributed by atoms with Crippen LogP contribution in [0.15, 0.2) is 47.5 Å². The highest BCUT2D eigenvalue weighted by atomic mass is 32.2. The molecule has 10 heteroatoms. The lowest BCUT2D eigenvalue weighted by molar-refractivity contribution is -0.123. The topological polar surface area (TPSA) is 117 Å². The van der Waals surface area contributed by atoms with E-state index in [-0.39, 0.29) is 29.1 Å². The predicted molar refractivity (Wildman–Crippen MR) is 102 cm³/mol. The molecule has 1 spiro atoms. The van der Waals surface area contributed by atoms with Crippen LogP contribution >= 0.6 is 0 Å². The Morgan fingerprint density at radius 1 is 1.17 bits per heavy atom. The molecule has 3 N–H and O–H groups in total. The van der Waals surface area contributed by atoms with E-state index in [1.807, 2.05) is 0 Å². The fraction of sp³-hybridized carbons (Fsp3) is 0.316. The minimum atomic E-state index is -3.77. The van der Waals surface area contributed by atoms with Gasteiger partial charge >= 0.3 is 6.03 Å². The second-order valence-corrected chi connectivity index (χ2v) is 9.10. The summed E-state index contributed by atoms with van der Waals surface area (Å²) in [5.41, 5.74) is 0.284. The van der Waals surface area contributed by atoms with Crippen molar-refractivity contribution >= 4 is 22.0 Å². The molecule has 1 aromatic carbocycles. The zero-order valence-electron chi connectivity index (χ0n) is 15.3. The van der Waals surface area contributed by atoms with E-state index < -0.39 is 21.6 Å². The fourth-order valence-electron chi connectivity index (χ4n) is 3.81. The van der Waals surface area contributed by atoms with Gasteiger partial charge < -0.3 is 5.32 Å². The molecule has 2 aliphatic rings. The number of carbonyl (C=O) groups excluding carboxylic acids is 2. The van der Waals surface area contributed by atoms with Crippen LogP contribution in [0.1, 0.15) is 19.3 Å². The molecule has 29 heavy (non-hydrogen) atoms. The first-order chi connectivity index (χ1) is 13.8. The summed E-state index contributed by atoms with van der Waals surface area (Å²) in [5.74, 6) is -0.783. The van der Waals surface area contributed by atoms with E-state index in [9.17, 15) is 22.4 Å². The number of carbonyl (C=O) groups is 2. The number of halogens is 1. The summed E-state index contributed by atoms with van der Waals surface area (Å²) in [4.78, 5) is 27.5. The minimum absolute atomic E-state index is 0.0167. The fourth-order valence-corrected chi connectivity index (χ4v) is 4.87. The van der Waals surface area contributed by atoms with Crippen LogP contribution in [-0.2, 0) is 14.8 Å². The monoisotopic (exact) mass is 418 g/mol. The second kappa shape index (κ2) is 7.20. The van der Waals surface area contributed by atoms with E-state index in [1.165, 1.54) is 24.4 Å². The van der Waals surface area contributed by atoms with Crippen LogP contribution in [0.5, 0.6) is 0 Å². The Balaban J connectivity index is 1.40. The van der Waals surface area contributed by atoms with Gasteiger partial charge in [-0.1, -0.05) is 0 Å². The average Bonchev–Trinajstić information content (AvgIpc) is 3.23. The smallest absolute Gasteiger partial charge is 0.322 e. The molecule has 1 aliphatic heterocycles. The van der Waals surface area contributed by atoms with Crippen LogP contribution < -0.4 is 15.4 Å². The molecular formula is C19H19FN4O4S. The largest absolute Gasteiger partial charge is 0.323 e. The number of sulfonamides is 1. The molecular weight excluding hydrogens is 399 g/mol. The normalized spacial score (nSPS) is 24.0. The van der Waals surface area contributed by atoms with Crippen molar-refractivity contribution < 1.29 is 22.4 Å². The molecule has 2 unspecified atom stereocenters. The van der Waals surface area contributed by atoms with Gasteiger partial charge in [0.1, 0.15) is 16.3 Å². The van der Waals surface area contributed by atoms with Crippen molar-refractivity contribution in [3.05, 3.63) is 48.4 Å². The van der Waals surface area contributed by atoms with Gasteiger partial charge in [0.2, 0.25) is 10.0 Å². The van der Waals surface area contributed by atoms with Gasteiger partial charge in [0, 0.05) is 18.3 Å². The Hall–Kier alpha value is -2.85. The Labute approximate surface area is 167 Å². The van der Waals surface area contributed by atoms with Crippen molar-refractivity contribution in [3.8, 4) is 11.3 Å². The van der Waals surface area contributed by atoms with Gasteiger partial charge in [-0.15, -0.1) is 0 Å². The molecule has 8 nitrogen and oxygen atoms in total. The average molecular weight is 418 g/mol. The summed E-state index contributed by atoms with van der Waals surface area (Å²) in [6.45, 7) is 0.160. The molecule has 2 fully saturated rings. The molecule has 0 radical (unpaired) electrons. The van der Waals surface area contributed by atoms with Crippen molar-refractivity contribution in [1.82, 2.24) is 20.3 Å². The van der Waals surface area contributed by atoms with Crippen molar-refractivity contribution in [2.24, 2.45) is 5.92 Å². The van der Waals surface area contributed by atoms with E-state index in [4.69, 9.17) is 0 Å². The van der Waals surface area contributed by atoms with Crippen LogP contribution in [-0.4, -0.2) is 37.4 Å². The first-order valence-electron chi connectivity index (χ1n) is 9.13. The number of imide groups is 1. The van der Waals surface area contributed by atoms with Gasteiger partial charge in [-0.2, -0.15) is 0 Å². The number of nitrogens with zero attached hydrogens (tertiary/aromatic N) is 1. The van der Waals surface area contributed by atoms with E-state index >= 15 is 0 Å². The zero-order valence-corrected chi connectivity index (χ0v) is 16.1. The molecule has 1 aliphatic carbocycles. The highest BCUT2D eigenvalue weighted by Crippen LogP contribution is 2.36. The molecule has 0 bridgehead atoms. The maximum atomic E-state index is 13.0. The number of nitrogens with one attached hydrogen (secondary N) is 3. The van der Waals surface area contributed by atoms with Crippen molar-refractivity contribution in [2.75, 3.05) is 6.54 Å². The lowest BCUT2D eigenvalue weighted by Crippen LogP contribution is -2.44.